The van der Waals surface area contributed by atoms with E-state index in [0.717, 1.165) is 45.4 Å². The Hall–Kier alpha value is -0.330. The number of thiophene rings is 1. The molecular weight excluding hydrogens is 353 g/mol. The Labute approximate surface area is 155 Å². The largest absolute Gasteiger partial charge is 0.353 e. The van der Waals surface area contributed by atoms with Crippen molar-refractivity contribution in [2.45, 2.75) is 51.2 Å². The summed E-state index contributed by atoms with van der Waals surface area (Å²) in [5.41, 5.74) is 1.47. The fraction of sp³-hybridized carbons (Fsp3) is 0.688. The quantitative estimate of drug-likeness (QED) is 0.844. The summed E-state index contributed by atoms with van der Waals surface area (Å²) in [4.78, 5) is 16.2. The fourth-order valence-electron chi connectivity index (χ4n) is 3.22. The number of halogens is 2. The Morgan fingerprint density at radius 2 is 2.30 bits per heavy atom. The highest BCUT2D eigenvalue weighted by Crippen LogP contribution is 2.24. The normalized spacial score (nSPS) is 22.2. The predicted molar refractivity (Wildman–Crippen MR) is 101 cm³/mol. The summed E-state index contributed by atoms with van der Waals surface area (Å²) in [6.07, 6.45) is 4.47. The van der Waals surface area contributed by atoms with Crippen LogP contribution in [0.15, 0.2) is 11.4 Å². The highest BCUT2D eigenvalue weighted by Gasteiger charge is 2.24. The van der Waals surface area contributed by atoms with E-state index in [2.05, 4.69) is 33.9 Å². The lowest BCUT2D eigenvalue weighted by atomic mass is 10.0. The lowest BCUT2D eigenvalue weighted by Crippen LogP contribution is -2.50. The monoisotopic (exact) mass is 379 g/mol. The highest BCUT2D eigenvalue weighted by atomic mass is 35.5. The van der Waals surface area contributed by atoms with Gasteiger partial charge in [-0.15, -0.1) is 36.2 Å². The van der Waals surface area contributed by atoms with Gasteiger partial charge in [0.15, 0.2) is 0 Å². The van der Waals surface area contributed by atoms with Gasteiger partial charge < -0.3 is 10.6 Å². The van der Waals surface area contributed by atoms with Crippen LogP contribution in [0.2, 0.25) is 0 Å². The van der Waals surface area contributed by atoms with Crippen molar-refractivity contribution in [2.75, 3.05) is 19.6 Å². The van der Waals surface area contributed by atoms with Gasteiger partial charge in [0, 0.05) is 30.6 Å². The Bertz CT molecular complexity index is 491. The van der Waals surface area contributed by atoms with Crippen LogP contribution in [0.1, 0.15) is 36.6 Å². The molecule has 1 aromatic rings. The van der Waals surface area contributed by atoms with E-state index in [1.807, 2.05) is 11.3 Å². The second-order valence-electron chi connectivity index (χ2n) is 6.19. The molecule has 2 aliphatic heterocycles. The average molecular weight is 380 g/mol. The molecule has 2 atom stereocenters. The molecular formula is C16H27Cl2N3OS. The molecule has 132 valence electrons. The van der Waals surface area contributed by atoms with Crippen LogP contribution >= 0.6 is 36.2 Å². The van der Waals surface area contributed by atoms with E-state index in [0.29, 0.717) is 6.04 Å². The van der Waals surface area contributed by atoms with Crippen LogP contribution in [0.5, 0.6) is 0 Å². The van der Waals surface area contributed by atoms with Gasteiger partial charge in [0.1, 0.15) is 0 Å². The molecule has 0 radical (unpaired) electrons. The third-order valence-electron chi connectivity index (χ3n) is 4.66. The minimum Gasteiger partial charge on any atom is -0.353 e. The third-order valence-corrected chi connectivity index (χ3v) is 5.68. The number of hydrogen-bond acceptors (Lipinski definition) is 4. The van der Waals surface area contributed by atoms with Gasteiger partial charge in [-0.1, -0.05) is 6.42 Å². The van der Waals surface area contributed by atoms with Gasteiger partial charge in [-0.25, -0.2) is 0 Å². The van der Waals surface area contributed by atoms with Crippen molar-refractivity contribution in [1.82, 2.24) is 15.5 Å². The van der Waals surface area contributed by atoms with E-state index in [9.17, 15) is 4.79 Å². The van der Waals surface area contributed by atoms with Gasteiger partial charge in [-0.2, -0.15) is 0 Å². The number of nitrogens with one attached hydrogen (secondary N) is 2. The molecule has 2 unspecified atom stereocenters. The first-order chi connectivity index (χ1) is 10.2. The molecule has 0 aliphatic carbocycles. The molecule has 2 N–H and O–H groups in total. The van der Waals surface area contributed by atoms with Crippen LogP contribution in [0.3, 0.4) is 0 Å². The topological polar surface area (TPSA) is 44.4 Å². The zero-order valence-corrected chi connectivity index (χ0v) is 16.0. The maximum Gasteiger partial charge on any atom is 0.237 e. The lowest BCUT2D eigenvalue weighted by Gasteiger charge is -2.33. The first-order valence-electron chi connectivity index (χ1n) is 8.04. The summed E-state index contributed by atoms with van der Waals surface area (Å²) in [5, 5.41) is 8.62. The molecule has 3 heterocycles. The standard InChI is InChI=1S/C16H25N3OS.2ClH/c1-12(10-18-16(20)14-4-2-3-7-17-14)19-8-5-15-13(11-19)6-9-21-15;;/h6,9,12,14,17H,2-5,7-8,10-11H2,1H3,(H,18,20);2*1H. The summed E-state index contributed by atoms with van der Waals surface area (Å²) in [6, 6.07) is 2.66. The summed E-state index contributed by atoms with van der Waals surface area (Å²) in [7, 11) is 0. The number of rotatable bonds is 4. The van der Waals surface area contributed by atoms with Crippen LogP contribution in [0.4, 0.5) is 0 Å². The zero-order chi connectivity index (χ0) is 14.7. The molecule has 1 saturated heterocycles. The molecule has 1 aromatic heterocycles. The van der Waals surface area contributed by atoms with E-state index in [1.54, 1.807) is 0 Å². The number of amides is 1. The van der Waals surface area contributed by atoms with Gasteiger partial charge in [-0.05, 0) is 49.7 Å². The molecule has 1 amide bonds. The molecule has 0 saturated carbocycles. The summed E-state index contributed by atoms with van der Waals surface area (Å²) in [6.45, 7) is 6.06. The molecule has 0 bridgehead atoms. The maximum atomic E-state index is 12.2. The number of hydrogen-bond donors (Lipinski definition) is 2. The number of nitrogens with zero attached hydrogens (tertiary/aromatic N) is 1. The summed E-state index contributed by atoms with van der Waals surface area (Å²) < 4.78 is 0. The van der Waals surface area contributed by atoms with Gasteiger partial charge in [0.05, 0.1) is 6.04 Å². The summed E-state index contributed by atoms with van der Waals surface area (Å²) in [5.74, 6) is 0.176. The molecule has 1 fully saturated rings. The molecule has 0 aromatic carbocycles. The molecule has 2 aliphatic rings. The van der Waals surface area contributed by atoms with E-state index >= 15 is 0 Å². The molecule has 7 heteroatoms. The number of piperidine rings is 1. The van der Waals surface area contributed by atoms with Crippen LogP contribution < -0.4 is 10.6 Å². The first-order valence-corrected chi connectivity index (χ1v) is 8.92. The van der Waals surface area contributed by atoms with Crippen molar-refractivity contribution in [3.8, 4) is 0 Å². The summed E-state index contributed by atoms with van der Waals surface area (Å²) >= 11 is 1.87. The van der Waals surface area contributed by atoms with Crippen molar-refractivity contribution in [3.05, 3.63) is 21.9 Å². The zero-order valence-electron chi connectivity index (χ0n) is 13.5. The van der Waals surface area contributed by atoms with E-state index in [4.69, 9.17) is 0 Å². The van der Waals surface area contributed by atoms with Gasteiger partial charge in [0.2, 0.25) is 5.91 Å². The van der Waals surface area contributed by atoms with Crippen LogP contribution in [-0.2, 0) is 17.8 Å². The second kappa shape index (κ2) is 9.84. The van der Waals surface area contributed by atoms with Crippen LogP contribution in [-0.4, -0.2) is 42.5 Å². The lowest BCUT2D eigenvalue weighted by molar-refractivity contribution is -0.123. The minimum atomic E-state index is 0. The smallest absolute Gasteiger partial charge is 0.237 e. The van der Waals surface area contributed by atoms with E-state index < -0.39 is 0 Å². The Balaban J connectivity index is 0.00000132. The van der Waals surface area contributed by atoms with Gasteiger partial charge >= 0.3 is 0 Å². The number of fused-ring (bicyclic) bond motifs is 1. The SMILES string of the molecule is CC(CNC(=O)C1CCCCN1)N1CCc2sccc2C1.Cl.Cl. The van der Waals surface area contributed by atoms with Crippen molar-refractivity contribution < 1.29 is 4.79 Å². The maximum absolute atomic E-state index is 12.2. The molecule has 4 nitrogen and oxygen atoms in total. The fourth-order valence-corrected chi connectivity index (χ4v) is 4.11. The van der Waals surface area contributed by atoms with Gasteiger partial charge in [0.25, 0.3) is 0 Å². The van der Waals surface area contributed by atoms with Crippen molar-refractivity contribution in [1.29, 1.82) is 0 Å². The average Bonchev–Trinajstić information content (AvgIpc) is 3.00. The highest BCUT2D eigenvalue weighted by molar-refractivity contribution is 7.10. The Morgan fingerprint density at radius 1 is 1.48 bits per heavy atom. The van der Waals surface area contributed by atoms with E-state index in [-0.39, 0.29) is 36.8 Å². The molecule has 23 heavy (non-hydrogen) atoms. The van der Waals surface area contributed by atoms with Crippen molar-refractivity contribution in [3.63, 3.8) is 0 Å². The van der Waals surface area contributed by atoms with Crippen LogP contribution in [0.25, 0.3) is 0 Å². The van der Waals surface area contributed by atoms with Crippen LogP contribution in [0, 0.1) is 0 Å². The third kappa shape index (κ3) is 5.33. The van der Waals surface area contributed by atoms with E-state index in [1.165, 1.54) is 16.9 Å². The van der Waals surface area contributed by atoms with Gasteiger partial charge in [-0.3, -0.25) is 9.69 Å². The minimum absolute atomic E-state index is 0. The molecule has 3 rings (SSSR count). The second-order valence-corrected chi connectivity index (χ2v) is 7.19. The first kappa shape index (κ1) is 20.7. The van der Waals surface area contributed by atoms with Crippen molar-refractivity contribution >= 4 is 42.1 Å². The Kier molecular flexibility index (Phi) is 8.86. The molecule has 0 spiro atoms. The number of carbonyl (C=O) groups excluding carboxylic acids is 1. The number of carbonyl (C=O) groups is 1. The predicted octanol–water partition coefficient (Wildman–Crippen LogP) is 2.60. The Morgan fingerprint density at radius 3 is 3.04 bits per heavy atom. The van der Waals surface area contributed by atoms with Crippen molar-refractivity contribution in [2.24, 2.45) is 0 Å².